The van der Waals surface area contributed by atoms with Gasteiger partial charge in [-0.05, 0) is 37.5 Å². The van der Waals surface area contributed by atoms with Crippen LogP contribution in [-0.2, 0) is 4.79 Å². The average molecular weight is 289 g/mol. The Morgan fingerprint density at radius 3 is 2.95 bits per heavy atom. The highest BCUT2D eigenvalue weighted by molar-refractivity contribution is 5.96. The number of nitrogens with two attached hydrogens (primary N) is 1. The first kappa shape index (κ1) is 13.7. The zero-order chi connectivity index (χ0) is 15.1. The molecule has 2 aliphatic rings. The number of fused-ring (bicyclic) bond motifs is 1. The fourth-order valence-corrected chi connectivity index (χ4v) is 3.39. The van der Waals surface area contributed by atoms with Gasteiger partial charge in [-0.3, -0.25) is 4.79 Å². The molecule has 0 saturated carbocycles. The van der Waals surface area contributed by atoms with Crippen molar-refractivity contribution in [2.75, 3.05) is 23.7 Å². The quantitative estimate of drug-likeness (QED) is 0.706. The summed E-state index contributed by atoms with van der Waals surface area (Å²) >= 11 is 0. The minimum Gasteiger partial charge on any atom is -0.478 e. The molecule has 0 radical (unpaired) electrons. The largest absolute Gasteiger partial charge is 0.478 e. The van der Waals surface area contributed by atoms with Crippen molar-refractivity contribution < 1.29 is 14.7 Å². The summed E-state index contributed by atoms with van der Waals surface area (Å²) in [7, 11) is 0. The smallest absolute Gasteiger partial charge is 0.337 e. The number of carboxylic acid groups (broad SMARTS) is 1. The highest BCUT2D eigenvalue weighted by Crippen LogP contribution is 2.34. The van der Waals surface area contributed by atoms with Crippen molar-refractivity contribution in [2.24, 2.45) is 5.92 Å². The van der Waals surface area contributed by atoms with E-state index in [1.165, 1.54) is 0 Å². The van der Waals surface area contributed by atoms with Crippen LogP contribution in [0, 0.1) is 12.8 Å². The number of hydrogen-bond acceptors (Lipinski definition) is 4. The molecule has 0 aromatic heterocycles. The first-order chi connectivity index (χ1) is 9.99. The summed E-state index contributed by atoms with van der Waals surface area (Å²) in [5.74, 6) is -0.910. The predicted molar refractivity (Wildman–Crippen MR) is 79.4 cm³/mol. The molecule has 2 aliphatic heterocycles. The summed E-state index contributed by atoms with van der Waals surface area (Å²) in [5, 5.41) is 12.2. The number of rotatable bonds is 2. The Kier molecular flexibility index (Phi) is 3.23. The maximum atomic E-state index is 11.8. The average Bonchev–Trinajstić information content (AvgIpc) is 2.83. The van der Waals surface area contributed by atoms with E-state index in [4.69, 9.17) is 5.73 Å². The minimum atomic E-state index is -1.02. The van der Waals surface area contributed by atoms with Gasteiger partial charge in [0.2, 0.25) is 5.91 Å². The molecule has 0 aliphatic carbocycles. The van der Waals surface area contributed by atoms with E-state index in [1.807, 2.05) is 13.0 Å². The van der Waals surface area contributed by atoms with E-state index in [0.29, 0.717) is 12.2 Å². The fourth-order valence-electron chi connectivity index (χ4n) is 3.39. The molecule has 1 aromatic rings. The fraction of sp³-hybridized carbons (Fsp3) is 0.467. The molecule has 0 bridgehead atoms. The summed E-state index contributed by atoms with van der Waals surface area (Å²) in [6, 6.07) is 3.64. The van der Waals surface area contributed by atoms with Gasteiger partial charge in [-0.2, -0.15) is 0 Å². The lowest BCUT2D eigenvalue weighted by Crippen LogP contribution is -2.45. The van der Waals surface area contributed by atoms with Crippen molar-refractivity contribution in [1.29, 1.82) is 0 Å². The third-order valence-corrected chi connectivity index (χ3v) is 4.53. The van der Waals surface area contributed by atoms with Gasteiger partial charge in [0.1, 0.15) is 0 Å². The number of anilines is 2. The normalized spacial score (nSPS) is 24.6. The highest BCUT2D eigenvalue weighted by atomic mass is 16.4. The monoisotopic (exact) mass is 289 g/mol. The zero-order valence-corrected chi connectivity index (χ0v) is 11.9. The summed E-state index contributed by atoms with van der Waals surface area (Å²) in [5.41, 5.74) is 7.87. The molecule has 2 fully saturated rings. The molecule has 21 heavy (non-hydrogen) atoms. The molecule has 6 heteroatoms. The van der Waals surface area contributed by atoms with Gasteiger partial charge in [-0.15, -0.1) is 0 Å². The second-order valence-corrected chi connectivity index (χ2v) is 5.78. The van der Waals surface area contributed by atoms with Crippen LogP contribution in [0.2, 0.25) is 0 Å². The third kappa shape index (κ3) is 2.20. The van der Waals surface area contributed by atoms with E-state index >= 15 is 0 Å². The van der Waals surface area contributed by atoms with Crippen LogP contribution < -0.4 is 16.0 Å². The molecule has 0 spiro atoms. The number of carbonyl (C=O) groups is 2. The summed E-state index contributed by atoms with van der Waals surface area (Å²) in [6.07, 6.45) is 1.83. The van der Waals surface area contributed by atoms with E-state index in [1.54, 1.807) is 6.07 Å². The molecule has 1 amide bonds. The first-order valence-electron chi connectivity index (χ1n) is 7.17. The second kappa shape index (κ2) is 4.95. The molecule has 2 atom stereocenters. The number of nitrogens with zero attached hydrogens (tertiary/aromatic N) is 1. The molecule has 2 heterocycles. The van der Waals surface area contributed by atoms with Crippen molar-refractivity contribution in [3.05, 3.63) is 23.3 Å². The van der Waals surface area contributed by atoms with E-state index in [2.05, 4.69) is 10.2 Å². The van der Waals surface area contributed by atoms with Crippen molar-refractivity contribution >= 4 is 23.3 Å². The molecule has 4 N–H and O–H groups in total. The molecular weight excluding hydrogens is 270 g/mol. The number of nitrogens with one attached hydrogen (secondary N) is 1. The van der Waals surface area contributed by atoms with Gasteiger partial charge < -0.3 is 21.1 Å². The highest BCUT2D eigenvalue weighted by Gasteiger charge is 2.41. The van der Waals surface area contributed by atoms with Gasteiger partial charge in [0.25, 0.3) is 0 Å². The molecule has 3 rings (SSSR count). The number of benzene rings is 1. The molecular formula is C15H19N3O3. The van der Waals surface area contributed by atoms with Crippen LogP contribution >= 0.6 is 0 Å². The van der Waals surface area contributed by atoms with E-state index in [-0.39, 0.29) is 23.4 Å². The number of aryl methyl sites for hydroxylation is 1. The maximum absolute atomic E-state index is 11.8. The van der Waals surface area contributed by atoms with Crippen LogP contribution in [0.1, 0.15) is 28.8 Å². The Bertz CT molecular complexity index is 614. The number of carboxylic acids is 1. The Labute approximate surface area is 122 Å². The third-order valence-electron chi connectivity index (χ3n) is 4.53. The number of amides is 1. The SMILES string of the molecule is Cc1cc(N2CCCC3C(=O)NCC32)cc(C(=O)O)c1N. The van der Waals surface area contributed by atoms with Gasteiger partial charge in [0, 0.05) is 24.5 Å². The van der Waals surface area contributed by atoms with Gasteiger partial charge in [-0.25, -0.2) is 4.79 Å². The molecule has 1 aromatic carbocycles. The lowest BCUT2D eigenvalue weighted by molar-refractivity contribution is -0.123. The van der Waals surface area contributed by atoms with Gasteiger partial charge in [-0.1, -0.05) is 0 Å². The van der Waals surface area contributed by atoms with Crippen LogP contribution in [0.5, 0.6) is 0 Å². The zero-order valence-electron chi connectivity index (χ0n) is 11.9. The van der Waals surface area contributed by atoms with Crippen molar-refractivity contribution in [3.63, 3.8) is 0 Å². The van der Waals surface area contributed by atoms with Gasteiger partial charge >= 0.3 is 5.97 Å². The van der Waals surface area contributed by atoms with Crippen LogP contribution in [0.15, 0.2) is 12.1 Å². The number of nitrogen functional groups attached to an aromatic ring is 1. The number of carbonyl (C=O) groups excluding carboxylic acids is 1. The molecule has 6 nitrogen and oxygen atoms in total. The minimum absolute atomic E-state index is 0.00453. The molecule has 2 unspecified atom stereocenters. The first-order valence-corrected chi connectivity index (χ1v) is 7.17. The predicted octanol–water partition coefficient (Wildman–Crippen LogP) is 0.990. The van der Waals surface area contributed by atoms with Crippen molar-refractivity contribution in [3.8, 4) is 0 Å². The van der Waals surface area contributed by atoms with Crippen LogP contribution in [0.25, 0.3) is 0 Å². The van der Waals surface area contributed by atoms with Crippen LogP contribution in [-0.4, -0.2) is 36.1 Å². The Balaban J connectivity index is 2.00. The standard InChI is InChI=1S/C15H19N3O3/c1-8-5-9(6-11(13(8)16)15(20)21)18-4-2-3-10-12(18)7-17-14(10)19/h5-6,10,12H,2-4,7,16H2,1H3,(H,17,19)(H,20,21). The Hall–Kier alpha value is -2.24. The Morgan fingerprint density at radius 2 is 2.24 bits per heavy atom. The van der Waals surface area contributed by atoms with Gasteiger partial charge in [0.15, 0.2) is 0 Å². The number of piperidine rings is 1. The van der Waals surface area contributed by atoms with Crippen molar-refractivity contribution in [2.45, 2.75) is 25.8 Å². The van der Waals surface area contributed by atoms with E-state index in [0.717, 1.165) is 30.6 Å². The second-order valence-electron chi connectivity index (χ2n) is 5.78. The summed E-state index contributed by atoms with van der Waals surface area (Å²) in [6.45, 7) is 3.26. The van der Waals surface area contributed by atoms with Crippen LogP contribution in [0.4, 0.5) is 11.4 Å². The summed E-state index contributed by atoms with van der Waals surface area (Å²) < 4.78 is 0. The molecule has 2 saturated heterocycles. The Morgan fingerprint density at radius 1 is 1.48 bits per heavy atom. The van der Waals surface area contributed by atoms with Crippen molar-refractivity contribution in [1.82, 2.24) is 5.32 Å². The number of hydrogen-bond donors (Lipinski definition) is 3. The maximum Gasteiger partial charge on any atom is 0.337 e. The van der Waals surface area contributed by atoms with Gasteiger partial charge in [0.05, 0.1) is 17.5 Å². The summed E-state index contributed by atoms with van der Waals surface area (Å²) in [4.78, 5) is 25.3. The van der Waals surface area contributed by atoms with Crippen LogP contribution in [0.3, 0.4) is 0 Å². The number of aromatic carboxylic acids is 1. The van der Waals surface area contributed by atoms with E-state index in [9.17, 15) is 14.7 Å². The molecule has 112 valence electrons. The van der Waals surface area contributed by atoms with E-state index < -0.39 is 5.97 Å². The lowest BCUT2D eigenvalue weighted by Gasteiger charge is -2.38. The topological polar surface area (TPSA) is 95.7 Å². The lowest BCUT2D eigenvalue weighted by atomic mass is 9.90.